The van der Waals surface area contributed by atoms with Crippen LogP contribution in [-0.2, 0) is 10.4 Å². The normalized spacial score (nSPS) is 17.2. The monoisotopic (exact) mass is 537 g/mol. The van der Waals surface area contributed by atoms with E-state index in [1.54, 1.807) is 31.6 Å². The third-order valence-corrected chi connectivity index (χ3v) is 7.53. The van der Waals surface area contributed by atoms with E-state index < -0.39 is 5.60 Å². The lowest BCUT2D eigenvalue weighted by atomic mass is 9.91. The smallest absolute Gasteiger partial charge is 0.223 e. The van der Waals surface area contributed by atoms with E-state index in [1.165, 1.54) is 0 Å². The molecule has 11 nitrogen and oxygen atoms in total. The van der Waals surface area contributed by atoms with Gasteiger partial charge in [0.15, 0.2) is 5.65 Å². The number of aliphatic hydroxyl groups is 1. The van der Waals surface area contributed by atoms with Crippen LogP contribution in [0.1, 0.15) is 57.0 Å². The van der Waals surface area contributed by atoms with Gasteiger partial charge < -0.3 is 20.7 Å². The van der Waals surface area contributed by atoms with E-state index >= 15 is 0 Å². The third-order valence-electron chi connectivity index (χ3n) is 7.53. The Hall–Kier alpha value is -4.64. The molecule has 40 heavy (non-hydrogen) atoms. The predicted octanol–water partition coefficient (Wildman–Crippen LogP) is 4.04. The number of amides is 1. The van der Waals surface area contributed by atoms with Crippen molar-refractivity contribution in [1.82, 2.24) is 39.6 Å². The Morgan fingerprint density at radius 1 is 1.15 bits per heavy atom. The molecule has 1 aromatic carbocycles. The molecule has 0 bridgehead atoms. The summed E-state index contributed by atoms with van der Waals surface area (Å²) in [7, 11) is 0. The maximum atomic E-state index is 12.5. The minimum atomic E-state index is -1.38. The van der Waals surface area contributed by atoms with Gasteiger partial charge in [-0.3, -0.25) is 4.79 Å². The van der Waals surface area contributed by atoms with Crippen molar-refractivity contribution in [3.63, 3.8) is 0 Å². The number of hydrogen-bond donors (Lipinski definition) is 3. The van der Waals surface area contributed by atoms with Gasteiger partial charge in [-0.25, -0.2) is 24.6 Å². The maximum Gasteiger partial charge on any atom is 0.223 e. The quantitative estimate of drug-likeness (QED) is 0.294. The standard InChI is InChI=1S/C29H31N9O2/c1-3-25(39)37-12-8-7-11-24(37)38-17-18(14-33-38)22-16-32-27-26(34-22)20(15-31-27)21-13-23(36-28(30)35-21)29(2,40)19-9-5-4-6-10-19/h4-6,9-10,13-17,24,40H,3,7-8,11-12H2,1-2H3,(H,31,32)(H2,30,35,36). The Bertz CT molecular complexity index is 1680. The van der Waals surface area contributed by atoms with Gasteiger partial charge in [-0.05, 0) is 37.8 Å². The van der Waals surface area contributed by atoms with E-state index in [1.807, 2.05) is 53.0 Å². The average Bonchev–Trinajstić information content (AvgIpc) is 3.64. The molecule has 204 valence electrons. The van der Waals surface area contributed by atoms with Crippen LogP contribution in [0.4, 0.5) is 5.95 Å². The number of piperidine rings is 1. The molecule has 1 aliphatic rings. The summed E-state index contributed by atoms with van der Waals surface area (Å²) >= 11 is 0. The Kier molecular flexibility index (Phi) is 6.51. The molecule has 5 aromatic rings. The fourth-order valence-corrected chi connectivity index (χ4v) is 5.31. The molecule has 1 saturated heterocycles. The Morgan fingerprint density at radius 3 is 2.77 bits per heavy atom. The van der Waals surface area contributed by atoms with Gasteiger partial charge in [-0.1, -0.05) is 37.3 Å². The van der Waals surface area contributed by atoms with Crippen LogP contribution in [0.2, 0.25) is 0 Å². The molecule has 1 amide bonds. The first kappa shape index (κ1) is 25.6. The van der Waals surface area contributed by atoms with Gasteiger partial charge in [0.2, 0.25) is 11.9 Å². The summed E-state index contributed by atoms with van der Waals surface area (Å²) in [6.07, 6.45) is 10.4. The van der Waals surface area contributed by atoms with E-state index in [9.17, 15) is 9.90 Å². The van der Waals surface area contributed by atoms with Gasteiger partial charge in [-0.2, -0.15) is 5.10 Å². The summed E-state index contributed by atoms with van der Waals surface area (Å²) in [5.41, 5.74) is 9.62. The minimum absolute atomic E-state index is 0.0436. The number of nitrogen functional groups attached to an aromatic ring is 1. The first-order chi connectivity index (χ1) is 19.3. The zero-order chi connectivity index (χ0) is 27.9. The highest BCUT2D eigenvalue weighted by atomic mass is 16.3. The zero-order valence-corrected chi connectivity index (χ0v) is 22.4. The molecular weight excluding hydrogens is 506 g/mol. The fraction of sp³-hybridized carbons (Fsp3) is 0.310. The minimum Gasteiger partial charge on any atom is -0.379 e. The van der Waals surface area contributed by atoms with Gasteiger partial charge in [0, 0.05) is 36.5 Å². The summed E-state index contributed by atoms with van der Waals surface area (Å²) in [4.78, 5) is 35.9. The number of likely N-dealkylation sites (tertiary alicyclic amines) is 1. The first-order valence-electron chi connectivity index (χ1n) is 13.5. The SMILES string of the molecule is CCC(=O)N1CCCCC1n1cc(-c2cnc3[nH]cc(-c4cc(C(C)(O)c5ccccc5)nc(N)n4)c3n2)cn1. The van der Waals surface area contributed by atoms with Crippen LogP contribution in [0.3, 0.4) is 0 Å². The number of nitrogens with one attached hydrogen (secondary N) is 1. The predicted molar refractivity (Wildman–Crippen MR) is 151 cm³/mol. The molecule has 0 saturated carbocycles. The number of rotatable bonds is 6. The van der Waals surface area contributed by atoms with Crippen molar-refractivity contribution < 1.29 is 9.90 Å². The molecule has 4 N–H and O–H groups in total. The zero-order valence-electron chi connectivity index (χ0n) is 22.4. The summed E-state index contributed by atoms with van der Waals surface area (Å²) in [5.74, 6) is 0.178. The Balaban J connectivity index is 1.36. The molecule has 6 rings (SSSR count). The van der Waals surface area contributed by atoms with E-state index in [0.717, 1.165) is 31.4 Å². The number of nitrogens with zero attached hydrogens (tertiary/aromatic N) is 7. The number of hydrogen-bond acceptors (Lipinski definition) is 8. The number of carbonyl (C=O) groups excluding carboxylic acids is 1. The number of anilines is 1. The van der Waals surface area contributed by atoms with E-state index in [2.05, 4.69) is 25.0 Å². The molecule has 4 aromatic heterocycles. The van der Waals surface area contributed by atoms with Crippen LogP contribution in [0, 0.1) is 0 Å². The summed E-state index contributed by atoms with van der Waals surface area (Å²) in [5, 5.41) is 16.0. The van der Waals surface area contributed by atoms with Crippen LogP contribution < -0.4 is 5.73 Å². The van der Waals surface area contributed by atoms with Crippen molar-refractivity contribution in [2.24, 2.45) is 0 Å². The molecule has 1 aliphatic heterocycles. The van der Waals surface area contributed by atoms with Gasteiger partial charge >= 0.3 is 0 Å². The number of aromatic amines is 1. The number of H-pyrrole nitrogens is 1. The summed E-state index contributed by atoms with van der Waals surface area (Å²) in [6, 6.07) is 11.0. The largest absolute Gasteiger partial charge is 0.379 e. The Labute approximate surface area is 231 Å². The summed E-state index contributed by atoms with van der Waals surface area (Å²) < 4.78 is 1.86. The maximum absolute atomic E-state index is 12.5. The van der Waals surface area contributed by atoms with Crippen LogP contribution in [0.15, 0.2) is 61.2 Å². The fourth-order valence-electron chi connectivity index (χ4n) is 5.31. The molecule has 1 fully saturated rings. The highest BCUT2D eigenvalue weighted by Crippen LogP contribution is 2.33. The topological polar surface area (TPSA) is 152 Å². The summed E-state index contributed by atoms with van der Waals surface area (Å²) in [6.45, 7) is 4.31. The van der Waals surface area contributed by atoms with E-state index in [4.69, 9.17) is 10.7 Å². The van der Waals surface area contributed by atoms with Gasteiger partial charge in [0.05, 0.1) is 29.5 Å². The second-order valence-corrected chi connectivity index (χ2v) is 10.2. The molecule has 5 heterocycles. The number of nitrogens with two attached hydrogens (primary N) is 1. The molecule has 0 aliphatic carbocycles. The highest BCUT2D eigenvalue weighted by Gasteiger charge is 2.30. The molecule has 0 spiro atoms. The second kappa shape index (κ2) is 10.2. The molecule has 11 heteroatoms. The average molecular weight is 538 g/mol. The van der Waals surface area contributed by atoms with Crippen molar-refractivity contribution in [3.8, 4) is 22.5 Å². The first-order valence-corrected chi connectivity index (χ1v) is 13.5. The van der Waals surface area contributed by atoms with E-state index in [-0.39, 0.29) is 18.0 Å². The van der Waals surface area contributed by atoms with Crippen molar-refractivity contribution in [2.75, 3.05) is 12.3 Å². The van der Waals surface area contributed by atoms with Crippen LogP contribution >= 0.6 is 0 Å². The number of fused-ring (bicyclic) bond motifs is 1. The van der Waals surface area contributed by atoms with Gasteiger partial charge in [0.1, 0.15) is 17.3 Å². The van der Waals surface area contributed by atoms with E-state index in [0.29, 0.717) is 45.8 Å². The van der Waals surface area contributed by atoms with Crippen molar-refractivity contribution in [1.29, 1.82) is 0 Å². The second-order valence-electron chi connectivity index (χ2n) is 10.2. The molecule has 2 unspecified atom stereocenters. The van der Waals surface area contributed by atoms with Crippen molar-refractivity contribution in [3.05, 3.63) is 72.4 Å². The highest BCUT2D eigenvalue weighted by molar-refractivity contribution is 5.90. The number of benzene rings is 1. The lowest BCUT2D eigenvalue weighted by Gasteiger charge is -2.35. The van der Waals surface area contributed by atoms with Gasteiger partial charge in [-0.15, -0.1) is 0 Å². The third kappa shape index (κ3) is 4.58. The lowest BCUT2D eigenvalue weighted by molar-refractivity contribution is -0.137. The molecular formula is C29H31N9O2. The Morgan fingerprint density at radius 2 is 1.98 bits per heavy atom. The van der Waals surface area contributed by atoms with Crippen molar-refractivity contribution >= 4 is 23.0 Å². The number of aromatic nitrogens is 7. The van der Waals surface area contributed by atoms with Gasteiger partial charge in [0.25, 0.3) is 0 Å². The lowest BCUT2D eigenvalue weighted by Crippen LogP contribution is -2.41. The van der Waals surface area contributed by atoms with Crippen LogP contribution in [0.25, 0.3) is 33.7 Å². The molecule has 2 atom stereocenters. The van der Waals surface area contributed by atoms with Crippen LogP contribution in [0.5, 0.6) is 0 Å². The number of carbonyl (C=O) groups is 1. The van der Waals surface area contributed by atoms with Crippen LogP contribution in [-0.4, -0.2) is 57.2 Å². The molecule has 0 radical (unpaired) electrons. The van der Waals surface area contributed by atoms with Crippen molar-refractivity contribution in [2.45, 2.75) is 51.3 Å².